The molecule has 0 aliphatic heterocycles. The Hall–Kier alpha value is -2.95. The molecule has 0 atom stereocenters. The van der Waals surface area contributed by atoms with Gasteiger partial charge >= 0.3 is 5.97 Å². The van der Waals surface area contributed by atoms with Crippen molar-refractivity contribution in [3.8, 4) is 0 Å². The summed E-state index contributed by atoms with van der Waals surface area (Å²) in [7, 11) is 0. The van der Waals surface area contributed by atoms with Crippen molar-refractivity contribution in [2.75, 3.05) is 0 Å². The first-order valence-corrected chi connectivity index (χ1v) is 7.12. The van der Waals surface area contributed by atoms with Crippen LogP contribution in [0.4, 0.5) is 4.39 Å². The fraction of sp³-hybridized carbons (Fsp3) is 0.111. The molecule has 0 saturated carbocycles. The maximum absolute atomic E-state index is 13.5. The highest BCUT2D eigenvalue weighted by atomic mass is 19.1. The summed E-state index contributed by atoms with van der Waals surface area (Å²) in [4.78, 5) is 23.3. The number of benzene rings is 2. The molecule has 1 heterocycles. The third kappa shape index (κ3) is 3.13. The van der Waals surface area contributed by atoms with Gasteiger partial charge in [-0.2, -0.15) is 0 Å². The zero-order valence-electron chi connectivity index (χ0n) is 12.2. The van der Waals surface area contributed by atoms with Gasteiger partial charge in [0.05, 0.1) is 11.9 Å². The van der Waals surface area contributed by atoms with Crippen LogP contribution in [0.5, 0.6) is 0 Å². The Labute approximate surface area is 131 Å². The molecule has 2 aromatic carbocycles. The molecule has 0 radical (unpaired) electrons. The predicted molar refractivity (Wildman–Crippen MR) is 85.0 cm³/mol. The van der Waals surface area contributed by atoms with Gasteiger partial charge in [0, 0.05) is 23.7 Å². The molecule has 23 heavy (non-hydrogen) atoms. The van der Waals surface area contributed by atoms with Crippen molar-refractivity contribution in [2.24, 2.45) is 0 Å². The summed E-state index contributed by atoms with van der Waals surface area (Å²) in [5.41, 5.74) is 1.29. The number of nitrogens with zero attached hydrogens (tertiary/aromatic N) is 1. The Morgan fingerprint density at radius 3 is 2.57 bits per heavy atom. The smallest absolute Gasteiger partial charge is 0.308 e. The van der Waals surface area contributed by atoms with E-state index in [1.165, 1.54) is 6.07 Å². The molecule has 3 aromatic rings. The third-order valence-electron chi connectivity index (χ3n) is 3.65. The highest BCUT2D eigenvalue weighted by molar-refractivity contribution is 5.81. The minimum absolute atomic E-state index is 0.145. The number of hydrogen-bond acceptors (Lipinski definition) is 2. The second-order valence-corrected chi connectivity index (χ2v) is 5.33. The highest BCUT2D eigenvalue weighted by Crippen LogP contribution is 2.16. The molecule has 1 N–H and O–H groups in total. The number of carboxylic acid groups (broad SMARTS) is 1. The van der Waals surface area contributed by atoms with Crippen LogP contribution in [0.3, 0.4) is 0 Å². The van der Waals surface area contributed by atoms with Crippen LogP contribution in [-0.2, 0) is 17.8 Å². The lowest BCUT2D eigenvalue weighted by Gasteiger charge is -2.13. The van der Waals surface area contributed by atoms with Gasteiger partial charge in [-0.05, 0) is 23.8 Å². The molecular weight excluding hydrogens is 297 g/mol. The first-order chi connectivity index (χ1) is 11.0. The number of hydrogen-bond donors (Lipinski definition) is 1. The molecule has 0 aliphatic rings. The molecule has 0 aliphatic carbocycles. The van der Waals surface area contributed by atoms with Crippen molar-refractivity contribution >= 4 is 16.9 Å². The molecular formula is C18H14FNO3. The Bertz CT molecular complexity index is 932. The van der Waals surface area contributed by atoms with E-state index in [1.54, 1.807) is 16.8 Å². The molecule has 1 aromatic heterocycles. The van der Waals surface area contributed by atoms with Gasteiger partial charge in [0.1, 0.15) is 5.82 Å². The fourth-order valence-electron chi connectivity index (χ4n) is 2.63. The number of aromatic nitrogens is 1. The number of rotatable bonds is 4. The Balaban J connectivity index is 2.20. The molecule has 4 nitrogen and oxygen atoms in total. The van der Waals surface area contributed by atoms with Gasteiger partial charge in [0.15, 0.2) is 5.43 Å². The van der Waals surface area contributed by atoms with E-state index >= 15 is 0 Å². The normalized spacial score (nSPS) is 10.8. The number of halogens is 1. The van der Waals surface area contributed by atoms with Crippen molar-refractivity contribution in [3.05, 3.63) is 81.9 Å². The predicted octanol–water partition coefficient (Wildman–Crippen LogP) is 2.82. The number of carboxylic acids is 1. The van der Waals surface area contributed by atoms with Gasteiger partial charge in [-0.15, -0.1) is 0 Å². The van der Waals surface area contributed by atoms with Crippen molar-refractivity contribution in [2.45, 2.75) is 13.0 Å². The Morgan fingerprint density at radius 1 is 1.13 bits per heavy atom. The molecule has 0 amide bonds. The monoisotopic (exact) mass is 311 g/mol. The average Bonchev–Trinajstić information content (AvgIpc) is 2.52. The third-order valence-corrected chi connectivity index (χ3v) is 3.65. The zero-order chi connectivity index (χ0) is 16.4. The van der Waals surface area contributed by atoms with Crippen molar-refractivity contribution in [1.82, 2.24) is 4.57 Å². The van der Waals surface area contributed by atoms with Gasteiger partial charge in [-0.3, -0.25) is 9.59 Å². The number of pyridine rings is 1. The van der Waals surface area contributed by atoms with Gasteiger partial charge < -0.3 is 9.67 Å². The van der Waals surface area contributed by atoms with Crippen molar-refractivity contribution in [3.63, 3.8) is 0 Å². The SMILES string of the molecule is O=C(O)Cc1cn(Cc2ccccc2)c2ccc(F)cc2c1=O. The van der Waals surface area contributed by atoms with E-state index in [0.717, 1.165) is 11.6 Å². The van der Waals surface area contributed by atoms with E-state index in [2.05, 4.69) is 0 Å². The van der Waals surface area contributed by atoms with Crippen LogP contribution >= 0.6 is 0 Å². The van der Waals surface area contributed by atoms with E-state index < -0.39 is 17.2 Å². The maximum Gasteiger partial charge on any atom is 0.308 e. The quantitative estimate of drug-likeness (QED) is 0.806. The summed E-state index contributed by atoms with van der Waals surface area (Å²) in [6, 6.07) is 13.6. The highest BCUT2D eigenvalue weighted by Gasteiger charge is 2.12. The van der Waals surface area contributed by atoms with Crippen LogP contribution < -0.4 is 5.43 Å². The molecule has 116 valence electrons. The van der Waals surface area contributed by atoms with E-state index in [-0.39, 0.29) is 17.4 Å². The Kier molecular flexibility index (Phi) is 3.93. The van der Waals surface area contributed by atoms with Gasteiger partial charge in [0.25, 0.3) is 0 Å². The second-order valence-electron chi connectivity index (χ2n) is 5.33. The minimum Gasteiger partial charge on any atom is -0.481 e. The number of aliphatic carboxylic acids is 1. The first kappa shape index (κ1) is 15.0. The molecule has 5 heteroatoms. The van der Waals surface area contributed by atoms with Crippen LogP contribution in [0.1, 0.15) is 11.1 Å². The van der Waals surface area contributed by atoms with Gasteiger partial charge in [-0.1, -0.05) is 30.3 Å². The summed E-state index contributed by atoms with van der Waals surface area (Å²) in [5, 5.41) is 9.17. The minimum atomic E-state index is -1.09. The number of fused-ring (bicyclic) bond motifs is 1. The summed E-state index contributed by atoms with van der Waals surface area (Å²) >= 11 is 0. The lowest BCUT2D eigenvalue weighted by molar-refractivity contribution is -0.136. The average molecular weight is 311 g/mol. The van der Waals surface area contributed by atoms with E-state index in [1.807, 2.05) is 30.3 Å². The molecule has 0 fully saturated rings. The summed E-state index contributed by atoms with van der Waals surface area (Å²) in [6.45, 7) is 0.468. The number of carbonyl (C=O) groups is 1. The Morgan fingerprint density at radius 2 is 1.87 bits per heavy atom. The lowest BCUT2D eigenvalue weighted by atomic mass is 10.1. The van der Waals surface area contributed by atoms with Crippen molar-refractivity contribution < 1.29 is 14.3 Å². The van der Waals surface area contributed by atoms with Gasteiger partial charge in [-0.25, -0.2) is 4.39 Å². The standard InChI is InChI=1S/C18H14FNO3/c19-14-6-7-16-15(9-14)18(23)13(8-17(21)22)11-20(16)10-12-4-2-1-3-5-12/h1-7,9,11H,8,10H2,(H,21,22). The zero-order valence-corrected chi connectivity index (χ0v) is 12.2. The molecule has 0 unspecified atom stereocenters. The van der Waals surface area contributed by atoms with Crippen LogP contribution in [0.2, 0.25) is 0 Å². The van der Waals surface area contributed by atoms with Crippen LogP contribution in [0.15, 0.2) is 59.5 Å². The van der Waals surface area contributed by atoms with Crippen LogP contribution in [-0.4, -0.2) is 15.6 Å². The van der Waals surface area contributed by atoms with E-state index in [9.17, 15) is 14.0 Å². The fourth-order valence-corrected chi connectivity index (χ4v) is 2.63. The molecule has 0 bridgehead atoms. The van der Waals surface area contributed by atoms with Crippen molar-refractivity contribution in [1.29, 1.82) is 0 Å². The molecule has 0 saturated heterocycles. The summed E-state index contributed by atoms with van der Waals surface area (Å²) in [5.74, 6) is -1.61. The van der Waals surface area contributed by atoms with E-state index in [0.29, 0.717) is 12.1 Å². The topological polar surface area (TPSA) is 59.3 Å². The lowest BCUT2D eigenvalue weighted by Crippen LogP contribution is -2.18. The van der Waals surface area contributed by atoms with Gasteiger partial charge in [0.2, 0.25) is 0 Å². The van der Waals surface area contributed by atoms with Crippen LogP contribution in [0, 0.1) is 5.82 Å². The van der Waals surface area contributed by atoms with Crippen LogP contribution in [0.25, 0.3) is 10.9 Å². The molecule has 3 rings (SSSR count). The second kappa shape index (κ2) is 6.04. The maximum atomic E-state index is 13.5. The van der Waals surface area contributed by atoms with E-state index in [4.69, 9.17) is 5.11 Å². The summed E-state index contributed by atoms with van der Waals surface area (Å²) in [6.07, 6.45) is 1.16. The first-order valence-electron chi connectivity index (χ1n) is 7.12. The molecule has 0 spiro atoms. The largest absolute Gasteiger partial charge is 0.481 e. The summed E-state index contributed by atoms with van der Waals surface area (Å²) < 4.78 is 15.3.